The molecule has 5 heteroatoms. The van der Waals surface area contributed by atoms with E-state index < -0.39 is 5.69 Å². The molecule has 0 aliphatic rings. The Kier molecular flexibility index (Phi) is 3.96. The molecule has 0 aliphatic heterocycles. The monoisotopic (exact) mass is 246 g/mol. The third kappa shape index (κ3) is 3.10. The van der Waals surface area contributed by atoms with Crippen molar-refractivity contribution in [1.82, 2.24) is 9.71 Å². The second-order valence-electron chi connectivity index (χ2n) is 3.57. The molecule has 0 amide bonds. The molecule has 0 saturated carbocycles. The number of rotatable bonds is 5. The van der Waals surface area contributed by atoms with Gasteiger partial charge in [-0.25, -0.2) is 4.79 Å². The lowest BCUT2D eigenvalue weighted by Crippen LogP contribution is -2.28. The van der Waals surface area contributed by atoms with Gasteiger partial charge in [0.1, 0.15) is 6.61 Å². The van der Waals surface area contributed by atoms with Crippen LogP contribution >= 0.6 is 0 Å². The molecule has 1 aromatic carbocycles. The molecule has 18 heavy (non-hydrogen) atoms. The highest BCUT2D eigenvalue weighted by Crippen LogP contribution is 2.01. The molecule has 0 fully saturated rings. The number of hydrogen-bond donors (Lipinski definition) is 0. The smallest absolute Gasteiger partial charge is 0.383 e. The fraction of sp³-hybridized carbons (Fsp3) is 0.231. The van der Waals surface area contributed by atoms with Crippen molar-refractivity contribution >= 4 is 0 Å². The van der Waals surface area contributed by atoms with E-state index in [2.05, 4.69) is 4.98 Å². The predicted molar refractivity (Wildman–Crippen MR) is 66.4 cm³/mol. The molecule has 1 heterocycles. The van der Waals surface area contributed by atoms with E-state index in [0.717, 1.165) is 10.3 Å². The summed E-state index contributed by atoms with van der Waals surface area (Å²) in [5.41, 5.74) is 0.496. The van der Waals surface area contributed by atoms with Crippen LogP contribution in [0, 0.1) is 0 Å². The van der Waals surface area contributed by atoms with Crippen molar-refractivity contribution < 1.29 is 9.57 Å². The summed E-state index contributed by atoms with van der Waals surface area (Å²) in [5.74, 6) is 0.307. The van der Waals surface area contributed by atoms with Crippen LogP contribution in [-0.2, 0) is 6.61 Å². The lowest BCUT2D eigenvalue weighted by atomic mass is 10.2. The summed E-state index contributed by atoms with van der Waals surface area (Å²) in [6.45, 7) is 2.62. The highest BCUT2D eigenvalue weighted by molar-refractivity contribution is 5.13. The van der Waals surface area contributed by atoms with Gasteiger partial charge in [0.15, 0.2) is 0 Å². The van der Waals surface area contributed by atoms with Gasteiger partial charge in [-0.15, -0.1) is 4.73 Å². The van der Waals surface area contributed by atoms with E-state index in [1.165, 1.54) is 6.20 Å². The van der Waals surface area contributed by atoms with Crippen LogP contribution in [0.5, 0.6) is 5.88 Å². The Morgan fingerprint density at radius 2 is 2.00 bits per heavy atom. The first-order valence-electron chi connectivity index (χ1n) is 5.69. The van der Waals surface area contributed by atoms with E-state index in [-0.39, 0.29) is 0 Å². The molecule has 0 aliphatic carbocycles. The standard InChI is InChI=1S/C13H14N2O3/c1-2-17-12-8-9-15(13(16)14-12)18-10-11-6-4-3-5-7-11/h3-9H,2,10H2,1H3. The van der Waals surface area contributed by atoms with E-state index >= 15 is 0 Å². The zero-order valence-corrected chi connectivity index (χ0v) is 10.1. The Hall–Kier alpha value is -2.30. The average Bonchev–Trinajstić information content (AvgIpc) is 2.39. The van der Waals surface area contributed by atoms with Crippen molar-refractivity contribution in [2.24, 2.45) is 0 Å². The molecule has 0 unspecified atom stereocenters. The maximum absolute atomic E-state index is 11.6. The predicted octanol–water partition coefficient (Wildman–Crippen LogP) is 1.27. The molecule has 94 valence electrons. The summed E-state index contributed by atoms with van der Waals surface area (Å²) in [7, 11) is 0. The van der Waals surface area contributed by atoms with E-state index in [1.807, 2.05) is 37.3 Å². The van der Waals surface area contributed by atoms with Gasteiger partial charge < -0.3 is 9.57 Å². The van der Waals surface area contributed by atoms with Crippen LogP contribution < -0.4 is 15.3 Å². The van der Waals surface area contributed by atoms with Crippen molar-refractivity contribution in [2.75, 3.05) is 6.61 Å². The van der Waals surface area contributed by atoms with Crippen molar-refractivity contribution in [3.8, 4) is 5.88 Å². The molecule has 0 saturated heterocycles. The van der Waals surface area contributed by atoms with Crippen LogP contribution in [0.25, 0.3) is 0 Å². The van der Waals surface area contributed by atoms with Crippen molar-refractivity contribution in [3.63, 3.8) is 0 Å². The van der Waals surface area contributed by atoms with Gasteiger partial charge in [0.05, 0.1) is 12.8 Å². The van der Waals surface area contributed by atoms with Gasteiger partial charge >= 0.3 is 5.69 Å². The average molecular weight is 246 g/mol. The third-order valence-corrected chi connectivity index (χ3v) is 2.25. The zero-order chi connectivity index (χ0) is 12.8. The Labute approximate surface area is 105 Å². The van der Waals surface area contributed by atoms with Crippen LogP contribution in [0.1, 0.15) is 12.5 Å². The zero-order valence-electron chi connectivity index (χ0n) is 10.1. The number of ether oxygens (including phenoxy) is 1. The van der Waals surface area contributed by atoms with Crippen molar-refractivity contribution in [3.05, 3.63) is 58.6 Å². The van der Waals surface area contributed by atoms with E-state index in [1.54, 1.807) is 6.07 Å². The summed E-state index contributed by atoms with van der Waals surface area (Å²) < 4.78 is 6.22. The summed E-state index contributed by atoms with van der Waals surface area (Å²) in [6, 6.07) is 11.2. The Morgan fingerprint density at radius 3 is 2.67 bits per heavy atom. The first-order valence-corrected chi connectivity index (χ1v) is 5.69. The molecular formula is C13H14N2O3. The molecule has 0 bridgehead atoms. The maximum atomic E-state index is 11.6. The number of aromatic nitrogens is 2. The van der Waals surface area contributed by atoms with Gasteiger partial charge in [-0.1, -0.05) is 30.3 Å². The quantitative estimate of drug-likeness (QED) is 0.797. The molecule has 1 aromatic heterocycles. The largest absolute Gasteiger partial charge is 0.478 e. The molecule has 2 rings (SSSR count). The van der Waals surface area contributed by atoms with Gasteiger partial charge in [-0.3, -0.25) is 0 Å². The Bertz CT molecular complexity index is 552. The molecule has 5 nitrogen and oxygen atoms in total. The van der Waals surface area contributed by atoms with E-state index in [9.17, 15) is 4.79 Å². The van der Waals surface area contributed by atoms with Crippen LogP contribution in [0.15, 0.2) is 47.4 Å². The number of benzene rings is 1. The van der Waals surface area contributed by atoms with Crippen LogP contribution in [0.4, 0.5) is 0 Å². The molecular weight excluding hydrogens is 232 g/mol. The highest BCUT2D eigenvalue weighted by Gasteiger charge is 2.01. The Balaban J connectivity index is 2.04. The summed E-state index contributed by atoms with van der Waals surface area (Å²) in [6.07, 6.45) is 1.50. The number of nitrogens with zero attached hydrogens (tertiary/aromatic N) is 2. The normalized spacial score (nSPS) is 10.1. The van der Waals surface area contributed by atoms with Crippen LogP contribution in [-0.4, -0.2) is 16.3 Å². The minimum atomic E-state index is -0.489. The minimum Gasteiger partial charge on any atom is -0.478 e. The summed E-state index contributed by atoms with van der Waals surface area (Å²) in [4.78, 5) is 20.7. The lowest BCUT2D eigenvalue weighted by molar-refractivity contribution is 0.0847. The summed E-state index contributed by atoms with van der Waals surface area (Å²) in [5, 5.41) is 0. The second-order valence-corrected chi connectivity index (χ2v) is 3.57. The highest BCUT2D eigenvalue weighted by atomic mass is 16.7. The van der Waals surface area contributed by atoms with Gasteiger partial charge in [-0.05, 0) is 12.5 Å². The van der Waals surface area contributed by atoms with Gasteiger partial charge in [0.25, 0.3) is 0 Å². The fourth-order valence-electron chi connectivity index (χ4n) is 1.42. The lowest BCUT2D eigenvalue weighted by Gasteiger charge is -2.08. The minimum absolute atomic E-state index is 0.307. The molecule has 0 radical (unpaired) electrons. The van der Waals surface area contributed by atoms with Crippen LogP contribution in [0.2, 0.25) is 0 Å². The molecule has 2 aromatic rings. The topological polar surface area (TPSA) is 53.4 Å². The second kappa shape index (κ2) is 5.86. The molecule has 0 N–H and O–H groups in total. The number of hydrogen-bond acceptors (Lipinski definition) is 4. The first kappa shape index (κ1) is 12.2. The SMILES string of the molecule is CCOc1ccn(OCc2ccccc2)c(=O)n1. The Morgan fingerprint density at radius 1 is 1.22 bits per heavy atom. The summed E-state index contributed by atoms with van der Waals surface area (Å²) >= 11 is 0. The van der Waals surface area contributed by atoms with Crippen molar-refractivity contribution in [2.45, 2.75) is 13.5 Å². The molecule has 0 spiro atoms. The van der Waals surface area contributed by atoms with E-state index in [4.69, 9.17) is 9.57 Å². The first-order chi connectivity index (χ1) is 8.79. The fourth-order valence-corrected chi connectivity index (χ4v) is 1.42. The van der Waals surface area contributed by atoms with Gasteiger partial charge in [0, 0.05) is 6.07 Å². The van der Waals surface area contributed by atoms with Gasteiger partial charge in [0.2, 0.25) is 5.88 Å². The maximum Gasteiger partial charge on any atom is 0.383 e. The van der Waals surface area contributed by atoms with Crippen LogP contribution in [0.3, 0.4) is 0 Å². The van der Waals surface area contributed by atoms with E-state index in [0.29, 0.717) is 19.1 Å². The van der Waals surface area contributed by atoms with Gasteiger partial charge in [-0.2, -0.15) is 4.98 Å². The molecule has 0 atom stereocenters. The third-order valence-electron chi connectivity index (χ3n) is 2.25. The van der Waals surface area contributed by atoms with Crippen molar-refractivity contribution in [1.29, 1.82) is 0 Å².